The Morgan fingerprint density at radius 1 is 1.23 bits per heavy atom. The molecule has 0 amide bonds. The highest BCUT2D eigenvalue weighted by Crippen LogP contribution is 2.27. The van der Waals surface area contributed by atoms with Gasteiger partial charge in [0.05, 0.1) is 0 Å². The highest BCUT2D eigenvalue weighted by Gasteiger charge is 1.97. The quantitative estimate of drug-likeness (QED) is 0.421. The standard InChI is InChI=1S/C9H13N3S/c1-12(2)11-10-8-6-4-5-7-9(8)13-3/h4-7H,1-3H3. The number of hydrogen-bond acceptors (Lipinski definition) is 3. The van der Waals surface area contributed by atoms with Crippen molar-refractivity contribution in [1.82, 2.24) is 5.01 Å². The van der Waals surface area contributed by atoms with Crippen LogP contribution in [-0.2, 0) is 0 Å². The summed E-state index contributed by atoms with van der Waals surface area (Å²) in [5.74, 6) is 0. The third-order valence-corrected chi connectivity index (χ3v) is 2.20. The zero-order valence-corrected chi connectivity index (χ0v) is 8.88. The fourth-order valence-corrected chi connectivity index (χ4v) is 1.38. The van der Waals surface area contributed by atoms with E-state index < -0.39 is 0 Å². The van der Waals surface area contributed by atoms with Crippen LogP contribution in [0.3, 0.4) is 0 Å². The highest BCUT2D eigenvalue weighted by atomic mass is 32.2. The predicted molar refractivity (Wildman–Crippen MR) is 56.4 cm³/mol. The Kier molecular flexibility index (Phi) is 3.76. The van der Waals surface area contributed by atoms with Crippen molar-refractivity contribution in [1.29, 1.82) is 0 Å². The molecular formula is C9H13N3S. The molecule has 1 aromatic carbocycles. The van der Waals surface area contributed by atoms with Gasteiger partial charge in [-0.1, -0.05) is 17.4 Å². The fraction of sp³-hybridized carbons (Fsp3) is 0.333. The first-order valence-corrected chi connectivity index (χ1v) is 5.18. The monoisotopic (exact) mass is 195 g/mol. The van der Waals surface area contributed by atoms with E-state index in [4.69, 9.17) is 0 Å². The van der Waals surface area contributed by atoms with Gasteiger partial charge in [0, 0.05) is 19.0 Å². The Morgan fingerprint density at radius 2 is 1.92 bits per heavy atom. The lowest BCUT2D eigenvalue weighted by atomic mass is 10.3. The second kappa shape index (κ2) is 4.87. The molecule has 3 nitrogen and oxygen atoms in total. The summed E-state index contributed by atoms with van der Waals surface area (Å²) in [6, 6.07) is 7.96. The second-order valence-electron chi connectivity index (χ2n) is 2.71. The van der Waals surface area contributed by atoms with Crippen LogP contribution in [0.4, 0.5) is 5.69 Å². The van der Waals surface area contributed by atoms with E-state index in [9.17, 15) is 0 Å². The summed E-state index contributed by atoms with van der Waals surface area (Å²) in [4.78, 5) is 1.15. The minimum absolute atomic E-state index is 0.920. The first kappa shape index (κ1) is 10.1. The highest BCUT2D eigenvalue weighted by molar-refractivity contribution is 7.98. The zero-order chi connectivity index (χ0) is 9.68. The number of hydrogen-bond donors (Lipinski definition) is 0. The van der Waals surface area contributed by atoms with E-state index in [-0.39, 0.29) is 0 Å². The van der Waals surface area contributed by atoms with E-state index in [0.29, 0.717) is 0 Å². The van der Waals surface area contributed by atoms with Crippen molar-refractivity contribution >= 4 is 17.4 Å². The Hall–Kier alpha value is -1.03. The van der Waals surface area contributed by atoms with E-state index in [1.165, 1.54) is 0 Å². The normalized spacial score (nSPS) is 10.7. The Balaban J connectivity index is 2.87. The maximum absolute atomic E-state index is 4.11. The molecule has 0 aliphatic heterocycles. The summed E-state index contributed by atoms with van der Waals surface area (Å²) in [6.07, 6.45) is 2.03. The van der Waals surface area contributed by atoms with Gasteiger partial charge >= 0.3 is 0 Å². The van der Waals surface area contributed by atoms with Gasteiger partial charge in [-0.3, -0.25) is 5.01 Å². The molecule has 0 unspecified atom stereocenters. The molecule has 1 rings (SSSR count). The number of nitrogens with zero attached hydrogens (tertiary/aromatic N) is 3. The molecule has 4 heteroatoms. The van der Waals surface area contributed by atoms with Crippen LogP contribution in [0.5, 0.6) is 0 Å². The topological polar surface area (TPSA) is 28.0 Å². The van der Waals surface area contributed by atoms with Crippen molar-refractivity contribution < 1.29 is 0 Å². The largest absolute Gasteiger partial charge is 0.285 e. The first-order valence-electron chi connectivity index (χ1n) is 3.96. The van der Waals surface area contributed by atoms with Crippen molar-refractivity contribution in [3.8, 4) is 0 Å². The van der Waals surface area contributed by atoms with Gasteiger partial charge in [-0.15, -0.1) is 16.9 Å². The Bertz CT molecular complexity index is 297. The van der Waals surface area contributed by atoms with Crippen LogP contribution in [0.15, 0.2) is 39.5 Å². The van der Waals surface area contributed by atoms with Gasteiger partial charge in [0.15, 0.2) is 0 Å². The molecule has 0 fully saturated rings. The summed E-state index contributed by atoms with van der Waals surface area (Å²) < 4.78 is 0. The molecule has 0 N–H and O–H groups in total. The van der Waals surface area contributed by atoms with Gasteiger partial charge in [-0.05, 0) is 18.4 Å². The molecule has 0 radical (unpaired) electrons. The zero-order valence-electron chi connectivity index (χ0n) is 8.06. The third-order valence-electron chi connectivity index (χ3n) is 1.42. The van der Waals surface area contributed by atoms with Crippen molar-refractivity contribution in [2.24, 2.45) is 10.3 Å². The second-order valence-corrected chi connectivity index (χ2v) is 3.56. The smallest absolute Gasteiger partial charge is 0.101 e. The van der Waals surface area contributed by atoms with Gasteiger partial charge in [0.1, 0.15) is 5.69 Å². The van der Waals surface area contributed by atoms with Gasteiger partial charge in [0.2, 0.25) is 0 Å². The van der Waals surface area contributed by atoms with Gasteiger partial charge in [-0.25, -0.2) is 0 Å². The van der Waals surface area contributed by atoms with Crippen LogP contribution in [0.25, 0.3) is 0 Å². The number of benzene rings is 1. The lowest BCUT2D eigenvalue weighted by Crippen LogP contribution is -1.98. The van der Waals surface area contributed by atoms with Crippen molar-refractivity contribution in [2.75, 3.05) is 20.4 Å². The average molecular weight is 195 g/mol. The lowest BCUT2D eigenvalue weighted by molar-refractivity contribution is 0.408. The van der Waals surface area contributed by atoms with Crippen LogP contribution in [0.1, 0.15) is 0 Å². The van der Waals surface area contributed by atoms with Crippen LogP contribution in [0, 0.1) is 0 Å². The van der Waals surface area contributed by atoms with E-state index >= 15 is 0 Å². The molecule has 0 atom stereocenters. The molecule has 0 aromatic heterocycles. The Morgan fingerprint density at radius 3 is 2.54 bits per heavy atom. The summed E-state index contributed by atoms with van der Waals surface area (Å²) in [6.45, 7) is 0. The van der Waals surface area contributed by atoms with Crippen molar-refractivity contribution in [3.05, 3.63) is 24.3 Å². The molecule has 0 saturated carbocycles. The number of rotatable bonds is 3. The molecular weight excluding hydrogens is 182 g/mol. The summed E-state index contributed by atoms with van der Waals surface area (Å²) in [5.41, 5.74) is 0.920. The molecule has 0 aliphatic rings. The van der Waals surface area contributed by atoms with Crippen molar-refractivity contribution in [3.63, 3.8) is 0 Å². The molecule has 0 bridgehead atoms. The SMILES string of the molecule is CSc1ccccc1N=NN(C)C. The predicted octanol–water partition coefficient (Wildman–Crippen LogP) is 2.97. The first-order chi connectivity index (χ1) is 6.24. The van der Waals surface area contributed by atoms with Crippen LogP contribution in [-0.4, -0.2) is 25.4 Å². The molecule has 13 heavy (non-hydrogen) atoms. The van der Waals surface area contributed by atoms with E-state index in [1.54, 1.807) is 16.8 Å². The van der Waals surface area contributed by atoms with Crippen LogP contribution >= 0.6 is 11.8 Å². The molecule has 1 aromatic rings. The maximum Gasteiger partial charge on any atom is 0.101 e. The van der Waals surface area contributed by atoms with Crippen LogP contribution in [0.2, 0.25) is 0 Å². The minimum Gasteiger partial charge on any atom is -0.285 e. The lowest BCUT2D eigenvalue weighted by Gasteiger charge is -2.02. The Labute approximate surface area is 82.8 Å². The summed E-state index contributed by atoms with van der Waals surface area (Å²) >= 11 is 1.67. The molecule has 0 heterocycles. The van der Waals surface area contributed by atoms with E-state index in [1.807, 2.05) is 44.6 Å². The van der Waals surface area contributed by atoms with Crippen molar-refractivity contribution in [2.45, 2.75) is 4.90 Å². The van der Waals surface area contributed by atoms with E-state index in [0.717, 1.165) is 10.6 Å². The summed E-state index contributed by atoms with van der Waals surface area (Å²) in [5, 5.41) is 9.73. The molecule has 0 saturated heterocycles. The van der Waals surface area contributed by atoms with Gasteiger partial charge < -0.3 is 0 Å². The van der Waals surface area contributed by atoms with Gasteiger partial charge in [-0.2, -0.15) is 0 Å². The summed E-state index contributed by atoms with van der Waals surface area (Å²) in [7, 11) is 3.70. The minimum atomic E-state index is 0.920. The third kappa shape index (κ3) is 3.06. The molecule has 70 valence electrons. The average Bonchev–Trinajstić information content (AvgIpc) is 2.15. The number of thioether (sulfide) groups is 1. The van der Waals surface area contributed by atoms with Crippen LogP contribution < -0.4 is 0 Å². The van der Waals surface area contributed by atoms with Gasteiger partial charge in [0.25, 0.3) is 0 Å². The fourth-order valence-electron chi connectivity index (χ4n) is 0.850. The molecule has 0 spiro atoms. The van der Waals surface area contributed by atoms with E-state index in [2.05, 4.69) is 10.3 Å². The maximum atomic E-state index is 4.11. The molecule has 0 aliphatic carbocycles.